The predicted molar refractivity (Wildman–Crippen MR) is 85.1 cm³/mol. The van der Waals surface area contributed by atoms with Crippen LogP contribution in [0.3, 0.4) is 0 Å². The molecule has 2 rings (SSSR count). The van der Waals surface area contributed by atoms with Crippen molar-refractivity contribution in [1.82, 2.24) is 4.90 Å². The van der Waals surface area contributed by atoms with Crippen LogP contribution in [0.25, 0.3) is 0 Å². The van der Waals surface area contributed by atoms with Crippen LogP contribution in [0.1, 0.15) is 5.56 Å². The number of ether oxygens (including phenoxy) is 1. The van der Waals surface area contributed by atoms with Crippen LogP contribution in [0.15, 0.2) is 18.2 Å². The first-order chi connectivity index (χ1) is 9.95. The number of rotatable bonds is 4. The molecule has 0 radical (unpaired) electrons. The van der Waals surface area contributed by atoms with Crippen molar-refractivity contribution >= 4 is 51.7 Å². The largest absolute Gasteiger partial charge is 0.444 e. The minimum atomic E-state index is -1.28. The van der Waals surface area contributed by atoms with Crippen LogP contribution in [0, 0.1) is 15.5 Å². The quantitative estimate of drug-likeness (QED) is 0.170. The zero-order valence-electron chi connectivity index (χ0n) is 10.4. The maximum atomic E-state index is 11.5. The first kappa shape index (κ1) is 15.9. The Balaban J connectivity index is 2.44. The molecule has 1 fully saturated rings. The Kier molecular flexibility index (Phi) is 4.91. The highest BCUT2D eigenvalue weighted by atomic mass is 127. The first-order valence-electron chi connectivity index (χ1n) is 5.58. The number of carbonyl (C=O) groups is 1. The number of amidine groups is 1. The molecule has 0 spiro atoms. The van der Waals surface area contributed by atoms with Gasteiger partial charge in [-0.15, -0.1) is 0 Å². The number of halogens is 1. The van der Waals surface area contributed by atoms with Gasteiger partial charge < -0.3 is 14.9 Å². The van der Waals surface area contributed by atoms with E-state index in [1.165, 1.54) is 18.2 Å². The molecule has 1 aliphatic heterocycles. The molecule has 2 atom stereocenters. The predicted octanol–water partition coefficient (Wildman–Crippen LogP) is 2.05. The van der Waals surface area contributed by atoms with E-state index in [1.807, 2.05) is 0 Å². The highest BCUT2D eigenvalue weighted by Crippen LogP contribution is 2.31. The maximum absolute atomic E-state index is 11.5. The molecule has 1 saturated heterocycles. The summed E-state index contributed by atoms with van der Waals surface area (Å²) in [4.78, 5) is 22.6. The summed E-state index contributed by atoms with van der Waals surface area (Å²) >= 11 is 2.07. The number of anilines is 1. The second-order valence-corrected chi connectivity index (χ2v) is 6.04. The lowest BCUT2D eigenvalue weighted by molar-refractivity contribution is -0.384. The van der Waals surface area contributed by atoms with Crippen LogP contribution < -0.4 is 5.09 Å². The fourth-order valence-corrected chi connectivity index (χ4v) is 2.97. The topological polar surface area (TPSA) is 129 Å². The van der Waals surface area contributed by atoms with Crippen molar-refractivity contribution in [2.24, 2.45) is 0 Å². The van der Waals surface area contributed by atoms with Gasteiger partial charge in [0.05, 0.1) is 4.92 Å². The van der Waals surface area contributed by atoms with E-state index in [-0.39, 0.29) is 30.1 Å². The van der Waals surface area contributed by atoms with Gasteiger partial charge in [-0.2, -0.15) is 0 Å². The molecule has 1 aromatic rings. The Morgan fingerprint density at radius 2 is 2.38 bits per heavy atom. The van der Waals surface area contributed by atoms with Crippen molar-refractivity contribution < 1.29 is 19.6 Å². The number of nitro benzene ring substituents is 1. The normalized spacial score (nSPS) is 18.1. The summed E-state index contributed by atoms with van der Waals surface area (Å²) in [5, 5.41) is 31.5. The summed E-state index contributed by atoms with van der Waals surface area (Å²) in [7, 11) is 0. The van der Waals surface area contributed by atoms with Crippen LogP contribution >= 0.6 is 28.4 Å². The van der Waals surface area contributed by atoms with Gasteiger partial charge in [-0.3, -0.25) is 15.5 Å². The maximum Gasteiger partial charge on any atom is 0.417 e. The number of aliphatic hydroxyl groups excluding tert-OH is 1. The molecule has 1 aromatic carbocycles. The molecule has 9 nitrogen and oxygen atoms in total. The first-order valence-corrected chi connectivity index (χ1v) is 9.70. The molecule has 2 unspecified atom stereocenters. The second-order valence-electron chi connectivity index (χ2n) is 3.98. The second kappa shape index (κ2) is 6.50. The van der Waals surface area contributed by atoms with Gasteiger partial charge in [-0.05, 0) is 28.1 Å². The summed E-state index contributed by atoms with van der Waals surface area (Å²) in [5.74, 6) is -0.356. The minimum Gasteiger partial charge on any atom is -0.444 e. The Bertz CT molecular complexity index is 613. The van der Waals surface area contributed by atoms with E-state index >= 15 is 0 Å². The van der Waals surface area contributed by atoms with Crippen molar-refractivity contribution in [3.8, 4) is 0 Å². The van der Waals surface area contributed by atoms with Crippen molar-refractivity contribution in [2.75, 3.05) is 11.7 Å². The van der Waals surface area contributed by atoms with E-state index in [9.17, 15) is 20.0 Å². The average molecular weight is 424 g/mol. The molecule has 0 aromatic heterocycles. The number of nitrogens with one attached hydrogen (secondary N) is 2. The van der Waals surface area contributed by atoms with Gasteiger partial charge in [-0.1, -0.05) is 0 Å². The SMILES string of the molecule is N=C(c1cc([N+](=O)[O-])ccc1NPI)N1C(=O)OCC1O. The Morgan fingerprint density at radius 3 is 2.90 bits per heavy atom. The highest BCUT2D eigenvalue weighted by molar-refractivity contribution is 14.2. The van der Waals surface area contributed by atoms with Crippen LogP contribution in [-0.4, -0.2) is 39.7 Å². The number of hydrogen-bond acceptors (Lipinski definition) is 7. The summed E-state index contributed by atoms with van der Waals surface area (Å²) in [6.07, 6.45) is -1.87. The van der Waals surface area contributed by atoms with E-state index in [0.29, 0.717) is 5.69 Å². The summed E-state index contributed by atoms with van der Waals surface area (Å²) < 4.78 is 4.64. The van der Waals surface area contributed by atoms with Gasteiger partial charge in [0.25, 0.3) is 5.69 Å². The molecular formula is C10H10IN4O5P. The number of benzene rings is 1. The lowest BCUT2D eigenvalue weighted by Crippen LogP contribution is -2.39. The molecule has 1 aliphatic rings. The van der Waals surface area contributed by atoms with Crippen LogP contribution in [-0.2, 0) is 4.74 Å². The van der Waals surface area contributed by atoms with E-state index < -0.39 is 17.2 Å². The molecule has 0 saturated carbocycles. The summed E-state index contributed by atoms with van der Waals surface area (Å²) in [6.45, 7) is -0.243. The van der Waals surface area contributed by atoms with Gasteiger partial charge in [0.1, 0.15) is 12.4 Å². The van der Waals surface area contributed by atoms with E-state index in [0.717, 1.165) is 4.90 Å². The molecule has 0 aliphatic carbocycles. The lowest BCUT2D eigenvalue weighted by atomic mass is 10.1. The zero-order chi connectivity index (χ0) is 15.6. The third-order valence-corrected chi connectivity index (χ3v) is 3.92. The molecule has 3 N–H and O–H groups in total. The number of non-ortho nitro benzene ring substituents is 1. The molecule has 21 heavy (non-hydrogen) atoms. The summed E-state index contributed by atoms with van der Waals surface area (Å²) in [5.41, 5.74) is 0.399. The number of cyclic esters (lactones) is 1. The Hall–Kier alpha value is -1.52. The van der Waals surface area contributed by atoms with E-state index in [4.69, 9.17) is 5.41 Å². The fraction of sp³-hybridized carbons (Fsp3) is 0.200. The van der Waals surface area contributed by atoms with Crippen molar-refractivity contribution in [3.63, 3.8) is 0 Å². The smallest absolute Gasteiger partial charge is 0.417 e. The van der Waals surface area contributed by atoms with Gasteiger partial charge in [0.2, 0.25) is 0 Å². The molecule has 1 amide bonds. The molecule has 1 heterocycles. The van der Waals surface area contributed by atoms with Crippen molar-refractivity contribution in [1.29, 1.82) is 5.41 Å². The standard InChI is InChI=1S/C10H10IN4O5P/c11-21-13-7-2-1-5(15(18)19)3-6(7)9(12)14-8(16)4-20-10(14)17/h1-3,8,12-13,16,21H,4H2. The number of aliphatic hydroxyl groups is 1. The van der Waals surface area contributed by atoms with E-state index in [2.05, 4.69) is 31.9 Å². The third kappa shape index (κ3) is 3.22. The number of carbonyl (C=O) groups excluding carboxylic acids is 1. The van der Waals surface area contributed by atoms with Crippen LogP contribution in [0.2, 0.25) is 0 Å². The van der Waals surface area contributed by atoms with Gasteiger partial charge in [-0.25, -0.2) is 9.69 Å². The summed E-state index contributed by atoms with van der Waals surface area (Å²) in [6, 6.07) is 3.94. The molecule has 112 valence electrons. The van der Waals surface area contributed by atoms with E-state index in [1.54, 1.807) is 0 Å². The third-order valence-electron chi connectivity index (χ3n) is 2.74. The van der Waals surface area contributed by atoms with Crippen molar-refractivity contribution in [3.05, 3.63) is 33.9 Å². The molecular weight excluding hydrogens is 414 g/mol. The van der Waals surface area contributed by atoms with Gasteiger partial charge in [0, 0.05) is 29.8 Å². The number of nitro groups is 1. The average Bonchev–Trinajstić information content (AvgIpc) is 2.78. The monoisotopic (exact) mass is 424 g/mol. The molecule has 11 heteroatoms. The van der Waals surface area contributed by atoms with Crippen LogP contribution in [0.4, 0.5) is 16.2 Å². The van der Waals surface area contributed by atoms with Crippen LogP contribution in [0.5, 0.6) is 0 Å². The van der Waals surface area contributed by atoms with Gasteiger partial charge in [0.15, 0.2) is 6.23 Å². The number of hydrogen-bond donors (Lipinski definition) is 3. The molecule has 0 bridgehead atoms. The number of amides is 1. The van der Waals surface area contributed by atoms with Crippen molar-refractivity contribution in [2.45, 2.75) is 6.23 Å². The fourth-order valence-electron chi connectivity index (χ4n) is 1.78. The number of nitrogens with zero attached hydrogens (tertiary/aromatic N) is 2. The Morgan fingerprint density at radius 1 is 1.67 bits per heavy atom. The minimum absolute atomic E-state index is 0.145. The lowest BCUT2D eigenvalue weighted by Gasteiger charge is -2.19. The highest BCUT2D eigenvalue weighted by Gasteiger charge is 2.36. The Labute approximate surface area is 133 Å². The van der Waals surface area contributed by atoms with Gasteiger partial charge >= 0.3 is 6.09 Å². The zero-order valence-corrected chi connectivity index (χ0v) is 13.5.